The smallest absolute Gasteiger partial charge is 0.0135 e. The summed E-state index contributed by atoms with van der Waals surface area (Å²) in [6, 6.07) is 0. The van der Waals surface area contributed by atoms with Gasteiger partial charge >= 0.3 is 0 Å². The van der Waals surface area contributed by atoms with E-state index in [2.05, 4.69) is 47.3 Å². The van der Waals surface area contributed by atoms with Gasteiger partial charge in [-0.1, -0.05) is 26.0 Å². The van der Waals surface area contributed by atoms with Crippen molar-refractivity contribution in [3.05, 3.63) is 12.2 Å². The number of nitrogens with one attached hydrogen (secondary N) is 4. The number of hydrogen-bond donors (Lipinski definition) is 4. The molecule has 0 aromatic carbocycles. The Labute approximate surface area is 113 Å². The molecule has 4 heteroatoms. The predicted molar refractivity (Wildman–Crippen MR) is 81.2 cm³/mol. The van der Waals surface area contributed by atoms with E-state index in [1.54, 1.807) is 0 Å². The van der Waals surface area contributed by atoms with E-state index in [1.807, 2.05) is 0 Å². The van der Waals surface area contributed by atoms with Gasteiger partial charge in [0, 0.05) is 13.1 Å². The third-order valence-corrected chi connectivity index (χ3v) is 2.61. The van der Waals surface area contributed by atoms with E-state index in [4.69, 9.17) is 0 Å². The standard InChI is InChI=1S/C14H32N4/c1-3-15-11-7-13-17-9-5-6-10-18-14-8-12-16-4-2/h5-6,15-18H,3-4,7-14H2,1-2H3/b6-5-. The van der Waals surface area contributed by atoms with Crippen LogP contribution in [-0.2, 0) is 0 Å². The van der Waals surface area contributed by atoms with Crippen LogP contribution in [0.5, 0.6) is 0 Å². The summed E-state index contributed by atoms with van der Waals surface area (Å²) in [4.78, 5) is 0. The second-order valence-electron chi connectivity index (χ2n) is 4.29. The Kier molecular flexibility index (Phi) is 16.2. The van der Waals surface area contributed by atoms with Gasteiger partial charge in [-0.15, -0.1) is 0 Å². The van der Waals surface area contributed by atoms with Gasteiger partial charge in [0.05, 0.1) is 0 Å². The van der Waals surface area contributed by atoms with Crippen molar-refractivity contribution in [2.75, 3.05) is 52.4 Å². The summed E-state index contributed by atoms with van der Waals surface area (Å²) in [6.07, 6.45) is 6.80. The van der Waals surface area contributed by atoms with E-state index in [0.29, 0.717) is 0 Å². The van der Waals surface area contributed by atoms with Gasteiger partial charge in [0.15, 0.2) is 0 Å². The van der Waals surface area contributed by atoms with Crippen LogP contribution in [0.3, 0.4) is 0 Å². The minimum absolute atomic E-state index is 0.977. The first-order valence-electron chi connectivity index (χ1n) is 7.39. The summed E-state index contributed by atoms with van der Waals surface area (Å²) >= 11 is 0. The SMILES string of the molecule is CCNCCCNC/C=C\CNCCCNCC. The minimum atomic E-state index is 0.977. The Bertz CT molecular complexity index is 153. The van der Waals surface area contributed by atoms with Crippen LogP contribution in [0.25, 0.3) is 0 Å². The summed E-state index contributed by atoms with van der Waals surface area (Å²) in [5.41, 5.74) is 0. The maximum atomic E-state index is 3.40. The molecule has 0 saturated carbocycles. The molecule has 4 nitrogen and oxygen atoms in total. The summed E-state index contributed by atoms with van der Waals surface area (Å²) in [7, 11) is 0. The zero-order chi connectivity index (χ0) is 13.3. The molecule has 0 atom stereocenters. The van der Waals surface area contributed by atoms with E-state index in [0.717, 1.165) is 52.4 Å². The molecule has 108 valence electrons. The quantitative estimate of drug-likeness (QED) is 0.273. The monoisotopic (exact) mass is 256 g/mol. The molecular formula is C14H32N4. The van der Waals surface area contributed by atoms with Gasteiger partial charge < -0.3 is 21.3 Å². The highest BCUT2D eigenvalue weighted by Gasteiger charge is 1.86. The van der Waals surface area contributed by atoms with Gasteiger partial charge in [-0.25, -0.2) is 0 Å². The molecule has 0 radical (unpaired) electrons. The van der Waals surface area contributed by atoms with Crippen molar-refractivity contribution < 1.29 is 0 Å². The van der Waals surface area contributed by atoms with Gasteiger partial charge in [0.2, 0.25) is 0 Å². The first-order valence-corrected chi connectivity index (χ1v) is 7.39. The Morgan fingerprint density at radius 2 is 1.00 bits per heavy atom. The van der Waals surface area contributed by atoms with Crippen molar-refractivity contribution in [1.29, 1.82) is 0 Å². The number of rotatable bonds is 14. The lowest BCUT2D eigenvalue weighted by Crippen LogP contribution is -2.22. The van der Waals surface area contributed by atoms with Crippen LogP contribution in [0.15, 0.2) is 12.2 Å². The fourth-order valence-corrected chi connectivity index (χ4v) is 1.57. The van der Waals surface area contributed by atoms with Crippen LogP contribution >= 0.6 is 0 Å². The van der Waals surface area contributed by atoms with Gasteiger partial charge in [-0.2, -0.15) is 0 Å². The predicted octanol–water partition coefficient (Wildman–Crippen LogP) is 0.721. The van der Waals surface area contributed by atoms with E-state index < -0.39 is 0 Å². The van der Waals surface area contributed by atoms with Gasteiger partial charge in [-0.05, 0) is 52.1 Å². The lowest BCUT2D eigenvalue weighted by molar-refractivity contribution is 0.624. The average molecular weight is 256 g/mol. The van der Waals surface area contributed by atoms with Crippen LogP contribution < -0.4 is 21.3 Å². The number of hydrogen-bond acceptors (Lipinski definition) is 4. The van der Waals surface area contributed by atoms with Crippen molar-refractivity contribution >= 4 is 0 Å². The second-order valence-corrected chi connectivity index (χ2v) is 4.29. The molecule has 0 bridgehead atoms. The molecule has 0 saturated heterocycles. The molecule has 0 aromatic heterocycles. The molecule has 0 fully saturated rings. The molecule has 0 heterocycles. The molecule has 0 amide bonds. The van der Waals surface area contributed by atoms with E-state index in [9.17, 15) is 0 Å². The van der Waals surface area contributed by atoms with Crippen molar-refractivity contribution in [2.24, 2.45) is 0 Å². The third-order valence-electron chi connectivity index (χ3n) is 2.61. The zero-order valence-corrected chi connectivity index (χ0v) is 12.2. The lowest BCUT2D eigenvalue weighted by atomic mass is 10.4. The fourth-order valence-electron chi connectivity index (χ4n) is 1.57. The van der Waals surface area contributed by atoms with Crippen molar-refractivity contribution in [2.45, 2.75) is 26.7 Å². The largest absolute Gasteiger partial charge is 0.317 e. The maximum absolute atomic E-state index is 3.40. The Morgan fingerprint density at radius 1 is 0.611 bits per heavy atom. The summed E-state index contributed by atoms with van der Waals surface area (Å²) in [6.45, 7) is 12.8. The molecular weight excluding hydrogens is 224 g/mol. The van der Waals surface area contributed by atoms with E-state index in [1.165, 1.54) is 12.8 Å². The summed E-state index contributed by atoms with van der Waals surface area (Å²) in [5.74, 6) is 0. The Hall–Kier alpha value is -0.420. The molecule has 0 aliphatic rings. The van der Waals surface area contributed by atoms with Crippen LogP contribution in [0.4, 0.5) is 0 Å². The van der Waals surface area contributed by atoms with Crippen molar-refractivity contribution in [3.8, 4) is 0 Å². The minimum Gasteiger partial charge on any atom is -0.317 e. The molecule has 0 spiro atoms. The highest BCUT2D eigenvalue weighted by atomic mass is 14.9. The molecule has 0 aliphatic heterocycles. The lowest BCUT2D eigenvalue weighted by Gasteiger charge is -2.03. The summed E-state index contributed by atoms with van der Waals surface area (Å²) in [5, 5.41) is 13.4. The first-order chi connectivity index (χ1) is 8.91. The van der Waals surface area contributed by atoms with Crippen LogP contribution in [0.2, 0.25) is 0 Å². The summed E-state index contributed by atoms with van der Waals surface area (Å²) < 4.78 is 0. The second kappa shape index (κ2) is 16.6. The van der Waals surface area contributed by atoms with Gasteiger partial charge in [0.1, 0.15) is 0 Å². The molecule has 0 aliphatic carbocycles. The topological polar surface area (TPSA) is 48.1 Å². The molecule has 0 unspecified atom stereocenters. The van der Waals surface area contributed by atoms with Crippen LogP contribution in [0.1, 0.15) is 26.7 Å². The molecule has 0 aromatic rings. The Morgan fingerprint density at radius 3 is 1.39 bits per heavy atom. The van der Waals surface area contributed by atoms with Crippen LogP contribution in [0, 0.1) is 0 Å². The highest BCUT2D eigenvalue weighted by Crippen LogP contribution is 1.76. The molecule has 4 N–H and O–H groups in total. The highest BCUT2D eigenvalue weighted by molar-refractivity contribution is 4.85. The van der Waals surface area contributed by atoms with Crippen LogP contribution in [-0.4, -0.2) is 52.4 Å². The van der Waals surface area contributed by atoms with E-state index in [-0.39, 0.29) is 0 Å². The van der Waals surface area contributed by atoms with Crippen molar-refractivity contribution in [1.82, 2.24) is 21.3 Å². The average Bonchev–Trinajstić information content (AvgIpc) is 2.39. The zero-order valence-electron chi connectivity index (χ0n) is 12.2. The van der Waals surface area contributed by atoms with Gasteiger partial charge in [0.25, 0.3) is 0 Å². The molecule has 0 rings (SSSR count). The Balaban J connectivity index is 3.00. The first kappa shape index (κ1) is 17.6. The maximum Gasteiger partial charge on any atom is 0.0135 e. The fraction of sp³-hybridized carbons (Fsp3) is 0.857. The molecule has 18 heavy (non-hydrogen) atoms. The normalized spacial score (nSPS) is 11.4. The van der Waals surface area contributed by atoms with Gasteiger partial charge in [-0.3, -0.25) is 0 Å². The third kappa shape index (κ3) is 15.6. The van der Waals surface area contributed by atoms with Crippen molar-refractivity contribution in [3.63, 3.8) is 0 Å². The van der Waals surface area contributed by atoms with E-state index >= 15 is 0 Å².